The number of nitrogens with one attached hydrogen (secondary N) is 4. The molecule has 4 rings (SSSR count). The fourth-order valence-corrected chi connectivity index (χ4v) is 3.66. The summed E-state index contributed by atoms with van der Waals surface area (Å²) in [5.41, 5.74) is 0.982. The van der Waals surface area contributed by atoms with E-state index in [4.69, 9.17) is 0 Å². The van der Waals surface area contributed by atoms with Crippen LogP contribution in [0.4, 0.5) is 4.79 Å². The Balaban J connectivity index is 1.33. The van der Waals surface area contributed by atoms with Crippen LogP contribution in [0.25, 0.3) is 11.0 Å². The van der Waals surface area contributed by atoms with Crippen LogP contribution in [0.1, 0.15) is 31.5 Å². The molecule has 0 atom stereocenters. The number of fused-ring (bicyclic) bond motifs is 1. The van der Waals surface area contributed by atoms with Gasteiger partial charge in [-0.25, -0.2) is 9.78 Å². The molecule has 8 nitrogen and oxygen atoms in total. The number of rotatable bonds is 3. The molecule has 25 heavy (non-hydrogen) atoms. The van der Waals surface area contributed by atoms with Crippen molar-refractivity contribution in [3.63, 3.8) is 0 Å². The van der Waals surface area contributed by atoms with Gasteiger partial charge < -0.3 is 15.6 Å². The first-order valence-corrected chi connectivity index (χ1v) is 8.41. The van der Waals surface area contributed by atoms with Crippen molar-refractivity contribution in [1.82, 2.24) is 25.9 Å². The summed E-state index contributed by atoms with van der Waals surface area (Å²) < 4.78 is 0. The van der Waals surface area contributed by atoms with E-state index < -0.39 is 11.6 Å². The summed E-state index contributed by atoms with van der Waals surface area (Å²) in [6, 6.07) is 7.26. The Hall–Kier alpha value is -2.90. The molecule has 8 heteroatoms. The number of aromatic nitrogens is 2. The zero-order valence-electron chi connectivity index (χ0n) is 13.6. The predicted octanol–water partition coefficient (Wildman–Crippen LogP) is 0.947. The summed E-state index contributed by atoms with van der Waals surface area (Å²) >= 11 is 0. The normalized spacial score (nSPS) is 25.8. The Kier molecular flexibility index (Phi) is 3.67. The molecule has 2 aromatic rings. The summed E-state index contributed by atoms with van der Waals surface area (Å²) in [4.78, 5) is 43.3. The molecule has 130 valence electrons. The van der Waals surface area contributed by atoms with Crippen molar-refractivity contribution in [3.05, 3.63) is 30.1 Å². The fourth-order valence-electron chi connectivity index (χ4n) is 3.66. The highest BCUT2D eigenvalue weighted by atomic mass is 16.2. The van der Waals surface area contributed by atoms with E-state index in [1.807, 2.05) is 24.3 Å². The Morgan fingerprint density at radius 2 is 2.00 bits per heavy atom. The van der Waals surface area contributed by atoms with Crippen molar-refractivity contribution in [1.29, 1.82) is 0 Å². The van der Waals surface area contributed by atoms with Crippen LogP contribution in [0, 0.1) is 5.92 Å². The first-order valence-electron chi connectivity index (χ1n) is 8.41. The molecule has 1 aromatic heterocycles. The van der Waals surface area contributed by atoms with Crippen molar-refractivity contribution < 1.29 is 14.4 Å². The van der Waals surface area contributed by atoms with Crippen LogP contribution in [-0.2, 0) is 16.1 Å². The van der Waals surface area contributed by atoms with Crippen LogP contribution in [-0.4, -0.2) is 33.4 Å². The highest BCUT2D eigenvalue weighted by Crippen LogP contribution is 2.34. The number of imidazole rings is 1. The summed E-state index contributed by atoms with van der Waals surface area (Å²) in [5, 5.41) is 7.89. The highest BCUT2D eigenvalue weighted by Gasteiger charge is 2.48. The lowest BCUT2D eigenvalue weighted by Crippen LogP contribution is -2.50. The molecule has 0 bridgehead atoms. The van der Waals surface area contributed by atoms with Gasteiger partial charge in [0.25, 0.3) is 5.91 Å². The van der Waals surface area contributed by atoms with Crippen LogP contribution in [0.15, 0.2) is 24.3 Å². The van der Waals surface area contributed by atoms with E-state index in [1.54, 1.807) is 0 Å². The Morgan fingerprint density at radius 3 is 2.68 bits per heavy atom. The molecule has 4 amide bonds. The van der Waals surface area contributed by atoms with Crippen molar-refractivity contribution in [2.24, 2.45) is 5.92 Å². The molecule has 0 radical (unpaired) electrons. The molecule has 2 fully saturated rings. The first-order chi connectivity index (χ1) is 12.1. The highest BCUT2D eigenvalue weighted by molar-refractivity contribution is 6.07. The monoisotopic (exact) mass is 341 g/mol. The van der Waals surface area contributed by atoms with Crippen molar-refractivity contribution in [2.45, 2.75) is 37.8 Å². The van der Waals surface area contributed by atoms with Gasteiger partial charge in [0.1, 0.15) is 11.4 Å². The number of nitrogens with zero attached hydrogens (tertiary/aromatic N) is 1. The average molecular weight is 341 g/mol. The minimum atomic E-state index is -0.827. The second kappa shape index (κ2) is 5.87. The molecule has 2 aliphatic rings. The molecule has 2 heterocycles. The van der Waals surface area contributed by atoms with Gasteiger partial charge in [-0.3, -0.25) is 14.9 Å². The molecule has 1 aromatic carbocycles. The molecule has 1 spiro atoms. The quantitative estimate of drug-likeness (QED) is 0.622. The maximum atomic E-state index is 12.4. The molecule has 1 saturated heterocycles. The lowest BCUT2D eigenvalue weighted by molar-refractivity contribution is -0.130. The Morgan fingerprint density at radius 1 is 1.24 bits per heavy atom. The number of aromatic amines is 1. The maximum absolute atomic E-state index is 12.4. The SMILES string of the molecule is O=C1NC(=O)C2(CCC(C(=O)NCc3nc4ccccc4[nH]3)CC2)N1. The number of hydrogen-bond acceptors (Lipinski definition) is 4. The van der Waals surface area contributed by atoms with E-state index in [-0.39, 0.29) is 17.7 Å². The second-order valence-corrected chi connectivity index (χ2v) is 6.68. The van der Waals surface area contributed by atoms with Gasteiger partial charge in [0.2, 0.25) is 5.91 Å². The van der Waals surface area contributed by atoms with E-state index in [0.717, 1.165) is 11.0 Å². The van der Waals surface area contributed by atoms with E-state index >= 15 is 0 Å². The standard InChI is InChI=1S/C17H19N5O3/c23-14(18-9-13-19-11-3-1-2-4-12(11)20-13)10-5-7-17(8-6-10)15(24)21-16(25)22-17/h1-4,10H,5-9H2,(H,18,23)(H,19,20)(H2,21,22,24,25). The number of carbonyl (C=O) groups is 3. The number of para-hydroxylation sites is 2. The van der Waals surface area contributed by atoms with Crippen LogP contribution in [0.5, 0.6) is 0 Å². The molecule has 1 aliphatic carbocycles. The zero-order chi connectivity index (χ0) is 17.4. The number of H-pyrrole nitrogens is 1. The predicted molar refractivity (Wildman–Crippen MR) is 89.3 cm³/mol. The minimum Gasteiger partial charge on any atom is -0.349 e. The summed E-state index contributed by atoms with van der Waals surface area (Å²) in [5.74, 6) is 0.239. The van der Waals surface area contributed by atoms with E-state index in [0.29, 0.717) is 38.1 Å². The topological polar surface area (TPSA) is 116 Å². The number of imide groups is 1. The Labute approximate surface area is 143 Å². The van der Waals surface area contributed by atoms with Gasteiger partial charge in [0.15, 0.2) is 0 Å². The number of urea groups is 1. The van der Waals surface area contributed by atoms with Crippen molar-refractivity contribution in [2.75, 3.05) is 0 Å². The third-order valence-corrected chi connectivity index (χ3v) is 5.09. The number of amides is 4. The largest absolute Gasteiger partial charge is 0.349 e. The smallest absolute Gasteiger partial charge is 0.322 e. The molecular formula is C17H19N5O3. The van der Waals surface area contributed by atoms with Gasteiger partial charge in [-0.1, -0.05) is 12.1 Å². The van der Waals surface area contributed by atoms with Gasteiger partial charge in [0.05, 0.1) is 17.6 Å². The van der Waals surface area contributed by atoms with Gasteiger partial charge in [0, 0.05) is 5.92 Å². The summed E-state index contributed by atoms with van der Waals surface area (Å²) in [6.07, 6.45) is 2.10. The number of benzene rings is 1. The van der Waals surface area contributed by atoms with Crippen molar-refractivity contribution >= 4 is 28.9 Å². The minimum absolute atomic E-state index is 0.0416. The van der Waals surface area contributed by atoms with Gasteiger partial charge >= 0.3 is 6.03 Å². The maximum Gasteiger partial charge on any atom is 0.322 e. The lowest BCUT2D eigenvalue weighted by Gasteiger charge is -2.33. The molecule has 0 unspecified atom stereocenters. The molecular weight excluding hydrogens is 322 g/mol. The van der Waals surface area contributed by atoms with Gasteiger partial charge in [-0.15, -0.1) is 0 Å². The van der Waals surface area contributed by atoms with Crippen LogP contribution >= 0.6 is 0 Å². The molecule has 4 N–H and O–H groups in total. The second-order valence-electron chi connectivity index (χ2n) is 6.68. The zero-order valence-corrected chi connectivity index (χ0v) is 13.6. The van der Waals surface area contributed by atoms with Crippen LogP contribution in [0.2, 0.25) is 0 Å². The average Bonchev–Trinajstić information content (AvgIpc) is 3.14. The summed E-state index contributed by atoms with van der Waals surface area (Å²) in [6.45, 7) is 0.340. The fraction of sp³-hybridized carbons (Fsp3) is 0.412. The molecule has 1 saturated carbocycles. The lowest BCUT2D eigenvalue weighted by atomic mass is 9.76. The van der Waals surface area contributed by atoms with E-state index in [2.05, 4.69) is 25.9 Å². The van der Waals surface area contributed by atoms with Crippen molar-refractivity contribution in [3.8, 4) is 0 Å². The van der Waals surface area contributed by atoms with Gasteiger partial charge in [-0.2, -0.15) is 0 Å². The third kappa shape index (κ3) is 2.84. The summed E-state index contributed by atoms with van der Waals surface area (Å²) in [7, 11) is 0. The number of carbonyl (C=O) groups excluding carboxylic acids is 3. The van der Waals surface area contributed by atoms with Crippen LogP contribution < -0.4 is 16.0 Å². The van der Waals surface area contributed by atoms with E-state index in [9.17, 15) is 14.4 Å². The first kappa shape index (κ1) is 15.6. The Bertz CT molecular complexity index is 818. The number of hydrogen-bond donors (Lipinski definition) is 4. The van der Waals surface area contributed by atoms with E-state index in [1.165, 1.54) is 0 Å². The molecule has 1 aliphatic heterocycles. The van der Waals surface area contributed by atoms with Gasteiger partial charge in [-0.05, 0) is 37.8 Å². The van der Waals surface area contributed by atoms with Crippen LogP contribution in [0.3, 0.4) is 0 Å². The third-order valence-electron chi connectivity index (χ3n) is 5.09.